The van der Waals surface area contributed by atoms with Gasteiger partial charge < -0.3 is 10.1 Å². The molecule has 0 aliphatic heterocycles. The van der Waals surface area contributed by atoms with E-state index in [1.165, 1.54) is 22.1 Å². The minimum absolute atomic E-state index is 0.133. The Labute approximate surface area is 153 Å². The summed E-state index contributed by atoms with van der Waals surface area (Å²) in [6.07, 6.45) is 2.58. The number of hydrogen-bond donors (Lipinski definition) is 2. The lowest BCUT2D eigenvalue weighted by molar-refractivity contribution is 0.114. The highest BCUT2D eigenvalue weighted by Gasteiger charge is 2.38. The van der Waals surface area contributed by atoms with E-state index in [0.29, 0.717) is 0 Å². The van der Waals surface area contributed by atoms with Crippen LogP contribution in [-0.4, -0.2) is 10.1 Å². The predicted molar refractivity (Wildman–Crippen MR) is 105 cm³/mol. The maximum absolute atomic E-state index is 11.1. The molecule has 0 saturated heterocycles. The van der Waals surface area contributed by atoms with Gasteiger partial charge in [-0.2, -0.15) is 0 Å². The minimum atomic E-state index is -0.440. The topological polar surface area (TPSA) is 36.0 Å². The first-order chi connectivity index (χ1) is 12.8. The molecule has 5 rings (SSSR count). The third-order valence-electron chi connectivity index (χ3n) is 5.78. The zero-order chi connectivity index (χ0) is 17.5. The van der Waals surface area contributed by atoms with Gasteiger partial charge in [-0.1, -0.05) is 72.8 Å². The SMILES string of the molecule is O[C@H]1c2ccccc2C[C@H]1[C@H](c1ccccc1)c1c[nH]c2ccccc12. The fourth-order valence-electron chi connectivity index (χ4n) is 4.57. The van der Waals surface area contributed by atoms with Gasteiger partial charge in [0.25, 0.3) is 0 Å². The van der Waals surface area contributed by atoms with Crippen molar-refractivity contribution in [3.05, 3.63) is 107 Å². The predicted octanol–water partition coefficient (Wildman–Crippen LogP) is 5.21. The fourth-order valence-corrected chi connectivity index (χ4v) is 4.57. The second kappa shape index (κ2) is 6.15. The number of aliphatic hydroxyl groups is 1. The highest BCUT2D eigenvalue weighted by molar-refractivity contribution is 5.84. The summed E-state index contributed by atoms with van der Waals surface area (Å²) in [7, 11) is 0. The number of hydrogen-bond acceptors (Lipinski definition) is 1. The Morgan fingerprint density at radius 3 is 2.42 bits per heavy atom. The van der Waals surface area contributed by atoms with Gasteiger partial charge in [0.15, 0.2) is 0 Å². The molecule has 0 radical (unpaired) electrons. The number of aromatic amines is 1. The van der Waals surface area contributed by atoms with Crippen molar-refractivity contribution < 1.29 is 5.11 Å². The summed E-state index contributed by atoms with van der Waals surface area (Å²) in [5, 5.41) is 12.4. The van der Waals surface area contributed by atoms with Crippen LogP contribution in [-0.2, 0) is 6.42 Å². The molecule has 2 N–H and O–H groups in total. The Morgan fingerprint density at radius 1 is 0.846 bits per heavy atom. The number of benzene rings is 3. The van der Waals surface area contributed by atoms with Crippen LogP contribution in [0.25, 0.3) is 10.9 Å². The van der Waals surface area contributed by atoms with Crippen molar-refractivity contribution in [3.63, 3.8) is 0 Å². The summed E-state index contributed by atoms with van der Waals surface area (Å²) < 4.78 is 0. The Kier molecular flexibility index (Phi) is 3.65. The number of nitrogens with one attached hydrogen (secondary N) is 1. The molecule has 1 aliphatic rings. The van der Waals surface area contributed by atoms with Crippen LogP contribution < -0.4 is 0 Å². The highest BCUT2D eigenvalue weighted by Crippen LogP contribution is 2.47. The molecule has 3 atom stereocenters. The van der Waals surface area contributed by atoms with Crippen LogP contribution in [0.2, 0.25) is 0 Å². The summed E-state index contributed by atoms with van der Waals surface area (Å²) >= 11 is 0. The molecule has 0 amide bonds. The second-order valence-electron chi connectivity index (χ2n) is 7.19. The summed E-state index contributed by atoms with van der Waals surface area (Å²) in [5.74, 6) is 0.281. The third kappa shape index (κ3) is 2.38. The normalized spacial score (nSPS) is 20.2. The van der Waals surface area contributed by atoms with Crippen molar-refractivity contribution in [1.82, 2.24) is 4.98 Å². The van der Waals surface area contributed by atoms with Gasteiger partial charge in [0.2, 0.25) is 0 Å². The van der Waals surface area contributed by atoms with Crippen molar-refractivity contribution in [2.75, 3.05) is 0 Å². The minimum Gasteiger partial charge on any atom is -0.388 e. The van der Waals surface area contributed by atoms with Crippen LogP contribution >= 0.6 is 0 Å². The first kappa shape index (κ1) is 15.4. The summed E-state index contributed by atoms with van der Waals surface area (Å²) in [6, 6.07) is 27.3. The van der Waals surface area contributed by atoms with Crippen LogP contribution in [0.15, 0.2) is 85.1 Å². The number of fused-ring (bicyclic) bond motifs is 2. The molecule has 3 aromatic carbocycles. The van der Waals surface area contributed by atoms with E-state index in [1.807, 2.05) is 6.07 Å². The van der Waals surface area contributed by atoms with Crippen molar-refractivity contribution >= 4 is 10.9 Å². The lowest BCUT2D eigenvalue weighted by Gasteiger charge is -2.27. The van der Waals surface area contributed by atoms with Gasteiger partial charge in [-0.15, -0.1) is 0 Å². The Bertz CT molecular complexity index is 1050. The lowest BCUT2D eigenvalue weighted by Crippen LogP contribution is -2.18. The second-order valence-corrected chi connectivity index (χ2v) is 7.19. The first-order valence-corrected chi connectivity index (χ1v) is 9.20. The molecule has 0 spiro atoms. The largest absolute Gasteiger partial charge is 0.388 e. The zero-order valence-electron chi connectivity index (χ0n) is 14.5. The van der Waals surface area contributed by atoms with Gasteiger partial charge in [-0.3, -0.25) is 0 Å². The summed E-state index contributed by atoms with van der Waals surface area (Å²) in [5.41, 5.74) is 6.02. The highest BCUT2D eigenvalue weighted by atomic mass is 16.3. The average molecular weight is 339 g/mol. The molecule has 128 valence electrons. The van der Waals surface area contributed by atoms with Crippen molar-refractivity contribution in [2.24, 2.45) is 5.92 Å². The third-order valence-corrected chi connectivity index (χ3v) is 5.78. The van der Waals surface area contributed by atoms with Gasteiger partial charge in [0.05, 0.1) is 6.10 Å². The Morgan fingerprint density at radius 2 is 1.58 bits per heavy atom. The van der Waals surface area contributed by atoms with Gasteiger partial charge in [-0.05, 0) is 34.7 Å². The Hall–Kier alpha value is -2.84. The molecular weight excluding hydrogens is 318 g/mol. The summed E-state index contributed by atoms with van der Waals surface area (Å²) in [6.45, 7) is 0. The van der Waals surface area contributed by atoms with E-state index in [-0.39, 0.29) is 11.8 Å². The van der Waals surface area contributed by atoms with Gasteiger partial charge in [0, 0.05) is 28.9 Å². The zero-order valence-corrected chi connectivity index (χ0v) is 14.5. The van der Waals surface area contributed by atoms with E-state index in [1.54, 1.807) is 0 Å². The molecule has 1 heterocycles. The van der Waals surface area contributed by atoms with Crippen LogP contribution in [0.3, 0.4) is 0 Å². The molecule has 26 heavy (non-hydrogen) atoms. The molecule has 0 saturated carbocycles. The van der Waals surface area contributed by atoms with E-state index in [9.17, 15) is 5.11 Å². The quantitative estimate of drug-likeness (QED) is 0.528. The molecule has 4 aromatic rings. The number of para-hydroxylation sites is 1. The maximum atomic E-state index is 11.1. The monoisotopic (exact) mass is 339 g/mol. The van der Waals surface area contributed by atoms with Crippen LogP contribution in [0.4, 0.5) is 0 Å². The van der Waals surface area contributed by atoms with Gasteiger partial charge in [-0.25, -0.2) is 0 Å². The lowest BCUT2D eigenvalue weighted by atomic mass is 9.78. The smallest absolute Gasteiger partial charge is 0.0833 e. The summed E-state index contributed by atoms with van der Waals surface area (Å²) in [4.78, 5) is 3.42. The molecule has 0 fully saturated rings. The van der Waals surface area contributed by atoms with E-state index in [0.717, 1.165) is 17.5 Å². The Balaban J connectivity index is 1.67. The van der Waals surface area contributed by atoms with Crippen molar-refractivity contribution in [3.8, 4) is 0 Å². The average Bonchev–Trinajstić information content (AvgIpc) is 3.26. The molecule has 1 aliphatic carbocycles. The van der Waals surface area contributed by atoms with Crippen molar-refractivity contribution in [1.29, 1.82) is 0 Å². The number of H-pyrrole nitrogens is 1. The van der Waals surface area contributed by atoms with Crippen molar-refractivity contribution in [2.45, 2.75) is 18.4 Å². The van der Waals surface area contributed by atoms with Crippen LogP contribution in [0, 0.1) is 5.92 Å². The van der Waals surface area contributed by atoms with E-state index >= 15 is 0 Å². The fraction of sp³-hybridized carbons (Fsp3) is 0.167. The molecule has 2 nitrogen and oxygen atoms in total. The molecule has 1 aromatic heterocycles. The molecule has 0 bridgehead atoms. The number of aliphatic hydroxyl groups excluding tert-OH is 1. The molecular formula is C24H21NO. The van der Waals surface area contributed by atoms with Crippen LogP contribution in [0.5, 0.6) is 0 Å². The number of aromatic nitrogens is 1. The first-order valence-electron chi connectivity index (χ1n) is 9.20. The standard InChI is InChI=1S/C24H21NO/c26-24-18-11-5-4-10-17(18)14-20(24)23(16-8-2-1-3-9-16)21-15-25-22-13-7-6-12-19(21)22/h1-13,15,20,23-26H,14H2/t20-,23-,24-/m0/s1. The van der Waals surface area contributed by atoms with Crippen LogP contribution in [0.1, 0.15) is 34.3 Å². The van der Waals surface area contributed by atoms with E-state index in [2.05, 4.69) is 84.0 Å². The van der Waals surface area contributed by atoms with E-state index < -0.39 is 6.10 Å². The van der Waals surface area contributed by atoms with Gasteiger partial charge in [0.1, 0.15) is 0 Å². The van der Waals surface area contributed by atoms with Gasteiger partial charge >= 0.3 is 0 Å². The van der Waals surface area contributed by atoms with E-state index in [4.69, 9.17) is 0 Å². The maximum Gasteiger partial charge on any atom is 0.0833 e. The number of rotatable bonds is 3. The molecule has 0 unspecified atom stereocenters. The molecule has 2 heteroatoms.